The number of rotatable bonds is 5. The minimum absolute atomic E-state index is 0.593. The van der Waals surface area contributed by atoms with E-state index in [1.807, 2.05) is 23.1 Å². The molecule has 0 radical (unpaired) electrons. The van der Waals surface area contributed by atoms with Crippen molar-refractivity contribution in [1.82, 2.24) is 15.1 Å². The van der Waals surface area contributed by atoms with E-state index in [-0.39, 0.29) is 0 Å². The number of benzene rings is 1. The third-order valence-corrected chi connectivity index (χ3v) is 4.71. The summed E-state index contributed by atoms with van der Waals surface area (Å²) in [5, 5.41) is 8.08. The number of hydrogen-bond acceptors (Lipinski definition) is 2. The number of hydrogen-bond donors (Lipinski definition) is 1. The van der Waals surface area contributed by atoms with Crippen LogP contribution in [0, 0.1) is 5.92 Å². The second kappa shape index (κ2) is 6.90. The quantitative estimate of drug-likeness (QED) is 0.901. The summed E-state index contributed by atoms with van der Waals surface area (Å²) in [6, 6.07) is 11.1. The highest BCUT2D eigenvalue weighted by Gasteiger charge is 2.19. The van der Waals surface area contributed by atoms with Gasteiger partial charge in [0, 0.05) is 25.0 Å². The van der Waals surface area contributed by atoms with E-state index in [1.54, 1.807) is 0 Å². The molecule has 0 spiro atoms. The van der Waals surface area contributed by atoms with Crippen LogP contribution in [0.15, 0.2) is 42.7 Å². The van der Waals surface area contributed by atoms with Gasteiger partial charge in [0.2, 0.25) is 0 Å². The predicted molar refractivity (Wildman–Crippen MR) is 86.4 cm³/mol. The van der Waals surface area contributed by atoms with Crippen molar-refractivity contribution >= 4 is 0 Å². The predicted octanol–water partition coefficient (Wildman–Crippen LogP) is 3.93. The van der Waals surface area contributed by atoms with Crippen LogP contribution < -0.4 is 5.32 Å². The number of aromatic nitrogens is 2. The third-order valence-electron chi connectivity index (χ3n) is 4.71. The summed E-state index contributed by atoms with van der Waals surface area (Å²) in [6.45, 7) is 3.25. The van der Waals surface area contributed by atoms with Gasteiger partial charge in [0.1, 0.15) is 0 Å². The van der Waals surface area contributed by atoms with Crippen LogP contribution in [0.4, 0.5) is 0 Å². The molecule has 1 aliphatic rings. The molecule has 1 heterocycles. The highest BCUT2D eigenvalue weighted by molar-refractivity contribution is 5.40. The van der Waals surface area contributed by atoms with Crippen LogP contribution in [0.2, 0.25) is 0 Å². The maximum absolute atomic E-state index is 4.35. The number of para-hydroxylation sites is 1. The molecule has 0 amide bonds. The van der Waals surface area contributed by atoms with Gasteiger partial charge in [0.15, 0.2) is 0 Å². The zero-order chi connectivity index (χ0) is 14.5. The summed E-state index contributed by atoms with van der Waals surface area (Å²) < 4.78 is 1.95. The average Bonchev–Trinajstić information content (AvgIpc) is 3.08. The molecule has 1 N–H and O–H groups in total. The van der Waals surface area contributed by atoms with E-state index in [9.17, 15) is 0 Å². The fourth-order valence-electron chi connectivity index (χ4n) is 3.37. The molecule has 1 saturated carbocycles. The fourth-order valence-corrected chi connectivity index (χ4v) is 3.37. The minimum Gasteiger partial charge on any atom is -0.310 e. The van der Waals surface area contributed by atoms with Crippen LogP contribution in [0.5, 0.6) is 0 Å². The van der Waals surface area contributed by atoms with E-state index in [2.05, 4.69) is 41.6 Å². The molecule has 0 saturated heterocycles. The first kappa shape index (κ1) is 14.3. The van der Waals surface area contributed by atoms with Crippen molar-refractivity contribution in [3.05, 3.63) is 48.3 Å². The van der Waals surface area contributed by atoms with Gasteiger partial charge in [0.25, 0.3) is 0 Å². The van der Waals surface area contributed by atoms with Gasteiger partial charge in [-0.15, -0.1) is 0 Å². The molecule has 1 unspecified atom stereocenters. The Morgan fingerprint density at radius 1 is 1.19 bits per heavy atom. The lowest BCUT2D eigenvalue weighted by Gasteiger charge is -2.28. The molecule has 1 atom stereocenters. The van der Waals surface area contributed by atoms with E-state index < -0.39 is 0 Å². The van der Waals surface area contributed by atoms with E-state index in [4.69, 9.17) is 0 Å². The summed E-state index contributed by atoms with van der Waals surface area (Å²) in [6.07, 6.45) is 10.8. The Morgan fingerprint density at radius 3 is 2.76 bits per heavy atom. The van der Waals surface area contributed by atoms with Gasteiger partial charge in [0.05, 0.1) is 5.69 Å². The molecule has 0 aliphatic heterocycles. The average molecular weight is 283 g/mol. The SMILES string of the molecule is CC(NCc1ccccc1-n1cccn1)C1CCCCC1. The fraction of sp³-hybridized carbons (Fsp3) is 0.500. The summed E-state index contributed by atoms with van der Waals surface area (Å²) in [5.74, 6) is 0.843. The van der Waals surface area contributed by atoms with Crippen molar-refractivity contribution in [2.45, 2.75) is 51.6 Å². The van der Waals surface area contributed by atoms with Gasteiger partial charge in [-0.2, -0.15) is 5.10 Å². The Morgan fingerprint density at radius 2 is 2.00 bits per heavy atom. The molecule has 1 aromatic carbocycles. The Labute approximate surface area is 127 Å². The summed E-state index contributed by atoms with van der Waals surface area (Å²) in [4.78, 5) is 0. The van der Waals surface area contributed by atoms with Crippen molar-refractivity contribution in [2.24, 2.45) is 5.92 Å². The standard InChI is InChI=1S/C18H25N3/c1-15(16-8-3-2-4-9-16)19-14-17-10-5-6-11-18(17)21-13-7-12-20-21/h5-7,10-13,15-16,19H,2-4,8-9,14H2,1H3. The van der Waals surface area contributed by atoms with Crippen molar-refractivity contribution in [2.75, 3.05) is 0 Å². The molecule has 0 bridgehead atoms. The van der Waals surface area contributed by atoms with Crippen molar-refractivity contribution in [3.63, 3.8) is 0 Å². The van der Waals surface area contributed by atoms with Gasteiger partial charge >= 0.3 is 0 Å². The lowest BCUT2D eigenvalue weighted by atomic mass is 9.84. The second-order valence-corrected chi connectivity index (χ2v) is 6.15. The number of nitrogens with zero attached hydrogens (tertiary/aromatic N) is 2. The van der Waals surface area contributed by atoms with Gasteiger partial charge < -0.3 is 5.32 Å². The summed E-state index contributed by atoms with van der Waals surface area (Å²) in [5.41, 5.74) is 2.48. The molecule has 1 fully saturated rings. The first-order valence-corrected chi connectivity index (χ1v) is 8.16. The number of nitrogens with one attached hydrogen (secondary N) is 1. The zero-order valence-electron chi connectivity index (χ0n) is 12.8. The molecule has 112 valence electrons. The normalized spacial score (nSPS) is 17.8. The summed E-state index contributed by atoms with van der Waals surface area (Å²) in [7, 11) is 0. The highest BCUT2D eigenvalue weighted by atomic mass is 15.3. The summed E-state index contributed by atoms with van der Waals surface area (Å²) >= 11 is 0. The molecule has 1 aromatic heterocycles. The Balaban J connectivity index is 1.65. The molecule has 2 aromatic rings. The Kier molecular flexibility index (Phi) is 4.71. The van der Waals surface area contributed by atoms with Crippen molar-refractivity contribution in [1.29, 1.82) is 0 Å². The third kappa shape index (κ3) is 3.53. The van der Waals surface area contributed by atoms with E-state index in [0.29, 0.717) is 6.04 Å². The van der Waals surface area contributed by atoms with Gasteiger partial charge in [-0.3, -0.25) is 0 Å². The lowest BCUT2D eigenvalue weighted by Crippen LogP contribution is -2.34. The van der Waals surface area contributed by atoms with E-state index >= 15 is 0 Å². The molecule has 3 nitrogen and oxygen atoms in total. The molecule has 21 heavy (non-hydrogen) atoms. The van der Waals surface area contributed by atoms with Crippen LogP contribution in [0.1, 0.15) is 44.6 Å². The van der Waals surface area contributed by atoms with E-state index in [1.165, 1.54) is 43.4 Å². The lowest BCUT2D eigenvalue weighted by molar-refractivity contribution is 0.280. The Hall–Kier alpha value is -1.61. The minimum atomic E-state index is 0.593. The van der Waals surface area contributed by atoms with Gasteiger partial charge in [-0.05, 0) is 43.4 Å². The Bertz CT molecular complexity index is 541. The highest BCUT2D eigenvalue weighted by Crippen LogP contribution is 2.26. The topological polar surface area (TPSA) is 29.9 Å². The monoisotopic (exact) mass is 283 g/mol. The molecule has 3 rings (SSSR count). The second-order valence-electron chi connectivity index (χ2n) is 6.15. The largest absolute Gasteiger partial charge is 0.310 e. The van der Waals surface area contributed by atoms with Crippen molar-refractivity contribution < 1.29 is 0 Å². The smallest absolute Gasteiger partial charge is 0.0690 e. The molecular formula is C18H25N3. The van der Waals surface area contributed by atoms with Crippen molar-refractivity contribution in [3.8, 4) is 5.69 Å². The zero-order valence-corrected chi connectivity index (χ0v) is 12.8. The molecule has 1 aliphatic carbocycles. The molecule has 3 heteroatoms. The maximum atomic E-state index is 4.35. The molecular weight excluding hydrogens is 258 g/mol. The van der Waals surface area contributed by atoms with Crippen LogP contribution in [0.25, 0.3) is 5.69 Å². The maximum Gasteiger partial charge on any atom is 0.0690 e. The van der Waals surface area contributed by atoms with Crippen LogP contribution >= 0.6 is 0 Å². The first-order valence-electron chi connectivity index (χ1n) is 8.16. The van der Waals surface area contributed by atoms with Crippen LogP contribution in [-0.2, 0) is 6.54 Å². The van der Waals surface area contributed by atoms with E-state index in [0.717, 1.165) is 12.5 Å². The van der Waals surface area contributed by atoms with Crippen LogP contribution in [0.3, 0.4) is 0 Å². The van der Waals surface area contributed by atoms with Gasteiger partial charge in [-0.1, -0.05) is 37.5 Å². The van der Waals surface area contributed by atoms with Gasteiger partial charge in [-0.25, -0.2) is 4.68 Å². The first-order chi connectivity index (χ1) is 10.3. The van der Waals surface area contributed by atoms with Crippen LogP contribution in [-0.4, -0.2) is 15.8 Å².